The molecule has 0 aromatic rings. The monoisotopic (exact) mass is 283 g/mol. The van der Waals surface area contributed by atoms with Gasteiger partial charge >= 0.3 is 0 Å². The Kier molecular flexibility index (Phi) is 4.09. The third-order valence-corrected chi connectivity index (χ3v) is 4.93. The minimum atomic E-state index is 0.495. The molecular weight excluding hydrogens is 258 g/mol. The van der Waals surface area contributed by atoms with E-state index in [4.69, 9.17) is 5.10 Å². The molecule has 1 heterocycles. The van der Waals surface area contributed by atoms with Crippen molar-refractivity contribution < 1.29 is 0 Å². The second kappa shape index (κ2) is 6.00. The van der Waals surface area contributed by atoms with Gasteiger partial charge < -0.3 is 0 Å². The van der Waals surface area contributed by atoms with E-state index in [0.29, 0.717) is 17.9 Å². The Morgan fingerprint density at radius 3 is 2.81 bits per heavy atom. The van der Waals surface area contributed by atoms with Crippen molar-refractivity contribution in [2.45, 2.75) is 45.1 Å². The number of aliphatic imine (C=N–C) groups is 1. The van der Waals surface area contributed by atoms with Crippen molar-refractivity contribution in [1.29, 1.82) is 0 Å². The smallest absolute Gasteiger partial charge is 0.174 e. The van der Waals surface area contributed by atoms with Gasteiger partial charge in [-0.2, -0.15) is 5.10 Å². The lowest BCUT2D eigenvalue weighted by atomic mass is 9.85. The number of nitrogens with zero attached hydrogens (tertiary/aromatic N) is 3. The Hall–Kier alpha value is -1.64. The van der Waals surface area contributed by atoms with E-state index in [0.717, 1.165) is 24.4 Å². The van der Waals surface area contributed by atoms with Gasteiger partial charge in [0, 0.05) is 12.5 Å². The second-order valence-electron chi connectivity index (χ2n) is 6.43. The Morgan fingerprint density at radius 2 is 2.14 bits per heavy atom. The Labute approximate surface area is 127 Å². The molecule has 0 amide bonds. The van der Waals surface area contributed by atoms with Crippen molar-refractivity contribution in [2.75, 3.05) is 6.54 Å². The lowest BCUT2D eigenvalue weighted by Gasteiger charge is -2.31. The Morgan fingerprint density at radius 1 is 1.33 bits per heavy atom. The normalized spacial score (nSPS) is 29.5. The maximum absolute atomic E-state index is 4.82. The summed E-state index contributed by atoms with van der Waals surface area (Å²) in [6.45, 7) is 11.1. The first-order chi connectivity index (χ1) is 10.2. The number of hydrogen-bond donors (Lipinski definition) is 0. The molecule has 3 heteroatoms. The number of allylic oxidation sites excluding steroid dienone is 3. The van der Waals surface area contributed by atoms with Crippen molar-refractivity contribution >= 4 is 12.6 Å². The molecule has 2 unspecified atom stereocenters. The summed E-state index contributed by atoms with van der Waals surface area (Å²) >= 11 is 0. The van der Waals surface area contributed by atoms with Crippen molar-refractivity contribution in [3.05, 3.63) is 36.0 Å². The molecule has 0 N–H and O–H groups in total. The van der Waals surface area contributed by atoms with E-state index in [1.54, 1.807) is 0 Å². The molecule has 2 atom stereocenters. The zero-order valence-corrected chi connectivity index (χ0v) is 13.0. The molecule has 1 aliphatic heterocycles. The van der Waals surface area contributed by atoms with Crippen LogP contribution >= 0.6 is 0 Å². The quantitative estimate of drug-likeness (QED) is 0.567. The van der Waals surface area contributed by atoms with Crippen LogP contribution in [0, 0.1) is 11.8 Å². The molecule has 112 valence electrons. The van der Waals surface area contributed by atoms with Crippen molar-refractivity contribution in [1.82, 2.24) is 5.01 Å². The SMILES string of the molecule is C=N/C(=N\N1CCCC1C1CC=CC=C1C)C(=C)C1CC1. The van der Waals surface area contributed by atoms with Gasteiger partial charge in [-0.05, 0) is 57.2 Å². The fourth-order valence-electron chi connectivity index (χ4n) is 3.46. The molecule has 0 bridgehead atoms. The Balaban J connectivity index is 1.77. The van der Waals surface area contributed by atoms with E-state index < -0.39 is 0 Å². The minimum absolute atomic E-state index is 0.495. The predicted molar refractivity (Wildman–Crippen MR) is 89.6 cm³/mol. The summed E-state index contributed by atoms with van der Waals surface area (Å²) in [4.78, 5) is 4.14. The standard InChI is InChI=1S/C18H25N3/c1-13-7-4-5-8-16(13)17-9-6-12-21(17)20-18(19-3)14(2)15-10-11-15/h4-5,7,15-17H,2-3,6,8-12H2,1H3/b20-18-. The highest BCUT2D eigenvalue weighted by atomic mass is 15.5. The maximum Gasteiger partial charge on any atom is 0.174 e. The zero-order chi connectivity index (χ0) is 14.8. The van der Waals surface area contributed by atoms with E-state index in [1.165, 1.54) is 31.3 Å². The zero-order valence-electron chi connectivity index (χ0n) is 13.0. The second-order valence-corrected chi connectivity index (χ2v) is 6.43. The lowest BCUT2D eigenvalue weighted by molar-refractivity contribution is 0.214. The summed E-state index contributed by atoms with van der Waals surface area (Å²) in [7, 11) is 0. The first-order valence-corrected chi connectivity index (χ1v) is 8.05. The van der Waals surface area contributed by atoms with Crippen LogP contribution < -0.4 is 0 Å². The molecular formula is C18H25N3. The highest BCUT2D eigenvalue weighted by molar-refractivity contribution is 6.01. The van der Waals surface area contributed by atoms with Crippen LogP contribution in [0.1, 0.15) is 39.0 Å². The largest absolute Gasteiger partial charge is 0.291 e. The van der Waals surface area contributed by atoms with Crippen LogP contribution in [0.5, 0.6) is 0 Å². The molecule has 3 rings (SSSR count). The number of hydrogen-bond acceptors (Lipinski definition) is 2. The fraction of sp³-hybridized carbons (Fsp3) is 0.556. The fourth-order valence-corrected chi connectivity index (χ4v) is 3.46. The Bertz CT molecular complexity index is 523. The highest BCUT2D eigenvalue weighted by Crippen LogP contribution is 2.37. The lowest BCUT2D eigenvalue weighted by Crippen LogP contribution is -2.33. The average Bonchev–Trinajstić information content (AvgIpc) is 3.25. The van der Waals surface area contributed by atoms with Gasteiger partial charge in [-0.25, -0.2) is 4.99 Å². The van der Waals surface area contributed by atoms with Crippen molar-refractivity contribution in [3.8, 4) is 0 Å². The van der Waals surface area contributed by atoms with E-state index in [1.807, 2.05) is 0 Å². The van der Waals surface area contributed by atoms with Gasteiger partial charge in [0.1, 0.15) is 0 Å². The average molecular weight is 283 g/mol. The highest BCUT2D eigenvalue weighted by Gasteiger charge is 2.33. The molecule has 0 aromatic heterocycles. The van der Waals surface area contributed by atoms with E-state index >= 15 is 0 Å². The summed E-state index contributed by atoms with van der Waals surface area (Å²) in [5.74, 6) is 1.94. The number of rotatable bonds is 4. The van der Waals surface area contributed by atoms with E-state index in [9.17, 15) is 0 Å². The molecule has 0 radical (unpaired) electrons. The van der Waals surface area contributed by atoms with Crippen LogP contribution in [0.2, 0.25) is 0 Å². The third-order valence-electron chi connectivity index (χ3n) is 4.93. The molecule has 2 fully saturated rings. The van der Waals surface area contributed by atoms with Crippen LogP contribution in [0.15, 0.2) is 46.0 Å². The molecule has 0 spiro atoms. The van der Waals surface area contributed by atoms with Gasteiger partial charge in [0.15, 0.2) is 5.84 Å². The van der Waals surface area contributed by atoms with Crippen LogP contribution in [-0.4, -0.2) is 30.1 Å². The summed E-state index contributed by atoms with van der Waals surface area (Å²) in [6, 6.07) is 0.495. The first-order valence-electron chi connectivity index (χ1n) is 8.05. The summed E-state index contributed by atoms with van der Waals surface area (Å²) < 4.78 is 0. The maximum atomic E-state index is 4.82. The van der Waals surface area contributed by atoms with Gasteiger partial charge in [0.25, 0.3) is 0 Å². The number of hydrazone groups is 1. The predicted octanol–water partition coefficient (Wildman–Crippen LogP) is 3.95. The van der Waals surface area contributed by atoms with Crippen LogP contribution in [0.3, 0.4) is 0 Å². The summed E-state index contributed by atoms with van der Waals surface area (Å²) in [5, 5.41) is 7.06. The number of amidine groups is 1. The van der Waals surface area contributed by atoms with Gasteiger partial charge in [-0.15, -0.1) is 0 Å². The van der Waals surface area contributed by atoms with E-state index in [2.05, 4.69) is 48.4 Å². The van der Waals surface area contributed by atoms with Gasteiger partial charge in [0.2, 0.25) is 0 Å². The van der Waals surface area contributed by atoms with E-state index in [-0.39, 0.29) is 0 Å². The minimum Gasteiger partial charge on any atom is -0.291 e. The van der Waals surface area contributed by atoms with Gasteiger partial charge in [0.05, 0.1) is 6.04 Å². The van der Waals surface area contributed by atoms with Crippen molar-refractivity contribution in [2.24, 2.45) is 21.9 Å². The van der Waals surface area contributed by atoms with Gasteiger partial charge in [-0.1, -0.05) is 30.4 Å². The summed E-state index contributed by atoms with van der Waals surface area (Å²) in [6.07, 6.45) is 12.7. The third kappa shape index (κ3) is 3.02. The topological polar surface area (TPSA) is 28.0 Å². The molecule has 0 aromatic carbocycles. The molecule has 1 saturated carbocycles. The summed E-state index contributed by atoms with van der Waals surface area (Å²) in [5.41, 5.74) is 2.55. The van der Waals surface area contributed by atoms with Crippen LogP contribution in [0.4, 0.5) is 0 Å². The molecule has 3 aliphatic rings. The molecule has 3 nitrogen and oxygen atoms in total. The van der Waals surface area contributed by atoms with Gasteiger partial charge in [-0.3, -0.25) is 5.01 Å². The molecule has 1 saturated heterocycles. The molecule has 2 aliphatic carbocycles. The van der Waals surface area contributed by atoms with Crippen molar-refractivity contribution in [3.63, 3.8) is 0 Å². The van der Waals surface area contributed by atoms with Crippen LogP contribution in [0.25, 0.3) is 0 Å². The first kappa shape index (κ1) is 14.3. The van der Waals surface area contributed by atoms with Crippen LogP contribution in [-0.2, 0) is 0 Å². The molecule has 21 heavy (non-hydrogen) atoms.